The molecule has 2 aromatic rings. The fourth-order valence-corrected chi connectivity index (χ4v) is 2.91. The standard InChI is InChI=1S/C17H17ClO2S/c1-13(21-12-15-9-5-6-10-16(15)18)17(19)20-11-14-7-3-2-4-8-14/h2-10,13H,11-12H2,1H3. The minimum Gasteiger partial charge on any atom is -0.460 e. The summed E-state index contributed by atoms with van der Waals surface area (Å²) in [6.07, 6.45) is 0. The Labute approximate surface area is 134 Å². The second-order valence-electron chi connectivity index (χ2n) is 4.64. The molecule has 4 heteroatoms. The minimum atomic E-state index is -0.218. The molecule has 0 saturated carbocycles. The van der Waals surface area contributed by atoms with Crippen molar-refractivity contribution in [2.24, 2.45) is 0 Å². The van der Waals surface area contributed by atoms with Gasteiger partial charge in [-0.1, -0.05) is 60.1 Å². The van der Waals surface area contributed by atoms with Crippen LogP contribution >= 0.6 is 23.4 Å². The molecule has 0 N–H and O–H groups in total. The van der Waals surface area contributed by atoms with Gasteiger partial charge in [0.1, 0.15) is 6.61 Å². The summed E-state index contributed by atoms with van der Waals surface area (Å²) < 4.78 is 5.32. The topological polar surface area (TPSA) is 26.3 Å². The SMILES string of the molecule is CC(SCc1ccccc1Cl)C(=O)OCc1ccccc1. The summed E-state index contributed by atoms with van der Waals surface area (Å²) in [6.45, 7) is 2.17. The molecular formula is C17H17ClO2S. The van der Waals surface area contributed by atoms with E-state index in [0.29, 0.717) is 12.4 Å². The number of esters is 1. The lowest BCUT2D eigenvalue weighted by Crippen LogP contribution is -2.17. The lowest BCUT2D eigenvalue weighted by atomic mass is 10.2. The van der Waals surface area contributed by atoms with Crippen molar-refractivity contribution in [1.82, 2.24) is 0 Å². The average Bonchev–Trinajstić information content (AvgIpc) is 2.52. The van der Waals surface area contributed by atoms with Crippen molar-refractivity contribution in [3.63, 3.8) is 0 Å². The molecule has 0 bridgehead atoms. The van der Waals surface area contributed by atoms with E-state index >= 15 is 0 Å². The first-order valence-corrected chi connectivity index (χ1v) is 8.15. The van der Waals surface area contributed by atoms with Crippen molar-refractivity contribution in [3.05, 3.63) is 70.7 Å². The molecule has 1 unspecified atom stereocenters. The molecule has 0 aromatic heterocycles. The Balaban J connectivity index is 1.79. The zero-order chi connectivity index (χ0) is 15.1. The van der Waals surface area contributed by atoms with Crippen molar-refractivity contribution in [3.8, 4) is 0 Å². The van der Waals surface area contributed by atoms with Crippen LogP contribution in [-0.4, -0.2) is 11.2 Å². The number of thioether (sulfide) groups is 1. The first kappa shape index (κ1) is 15.9. The lowest BCUT2D eigenvalue weighted by Gasteiger charge is -2.12. The van der Waals surface area contributed by atoms with E-state index in [2.05, 4.69) is 0 Å². The van der Waals surface area contributed by atoms with Gasteiger partial charge in [-0.25, -0.2) is 0 Å². The van der Waals surface area contributed by atoms with Gasteiger partial charge in [-0.2, -0.15) is 0 Å². The predicted octanol–water partition coefficient (Wildman–Crippen LogP) is 4.71. The van der Waals surface area contributed by atoms with E-state index in [4.69, 9.17) is 16.3 Å². The molecule has 21 heavy (non-hydrogen) atoms. The van der Waals surface area contributed by atoms with Crippen LogP contribution in [0, 0.1) is 0 Å². The summed E-state index contributed by atoms with van der Waals surface area (Å²) in [5.74, 6) is 0.497. The van der Waals surface area contributed by atoms with Crippen LogP contribution in [0.5, 0.6) is 0 Å². The highest BCUT2D eigenvalue weighted by atomic mass is 35.5. The van der Waals surface area contributed by atoms with E-state index in [9.17, 15) is 4.79 Å². The van der Waals surface area contributed by atoms with Gasteiger partial charge in [0.15, 0.2) is 0 Å². The predicted molar refractivity (Wildman–Crippen MR) is 88.4 cm³/mol. The molecule has 0 fully saturated rings. The number of hydrogen-bond acceptors (Lipinski definition) is 3. The molecule has 0 aliphatic heterocycles. The van der Waals surface area contributed by atoms with Crippen LogP contribution < -0.4 is 0 Å². The van der Waals surface area contributed by atoms with Crippen LogP contribution in [0.4, 0.5) is 0 Å². The molecule has 0 heterocycles. The zero-order valence-corrected chi connectivity index (χ0v) is 13.4. The average molecular weight is 321 g/mol. The second-order valence-corrected chi connectivity index (χ2v) is 6.37. The Hall–Kier alpha value is -1.45. The molecule has 2 rings (SSSR count). The first-order chi connectivity index (χ1) is 10.2. The number of ether oxygens (including phenoxy) is 1. The van der Waals surface area contributed by atoms with E-state index in [1.807, 2.05) is 61.5 Å². The molecule has 0 spiro atoms. The molecule has 0 radical (unpaired) electrons. The van der Waals surface area contributed by atoms with Crippen LogP contribution in [0.15, 0.2) is 54.6 Å². The van der Waals surface area contributed by atoms with Gasteiger partial charge in [0, 0.05) is 10.8 Å². The zero-order valence-electron chi connectivity index (χ0n) is 11.8. The maximum atomic E-state index is 11.9. The van der Waals surface area contributed by atoms with E-state index in [-0.39, 0.29) is 11.2 Å². The quantitative estimate of drug-likeness (QED) is 0.721. The summed E-state index contributed by atoms with van der Waals surface area (Å²) in [7, 11) is 0. The van der Waals surface area contributed by atoms with Crippen LogP contribution in [0.2, 0.25) is 5.02 Å². The number of carbonyl (C=O) groups is 1. The van der Waals surface area contributed by atoms with Crippen molar-refractivity contribution < 1.29 is 9.53 Å². The van der Waals surface area contributed by atoms with Crippen molar-refractivity contribution in [2.45, 2.75) is 24.5 Å². The molecule has 2 nitrogen and oxygen atoms in total. The second kappa shape index (κ2) is 8.11. The normalized spacial score (nSPS) is 11.9. The molecule has 1 atom stereocenters. The van der Waals surface area contributed by atoms with Crippen LogP contribution in [0.25, 0.3) is 0 Å². The molecular weight excluding hydrogens is 304 g/mol. The Kier molecular flexibility index (Phi) is 6.15. The molecule has 0 saturated heterocycles. The Morgan fingerprint density at radius 3 is 2.52 bits per heavy atom. The highest BCUT2D eigenvalue weighted by Gasteiger charge is 2.15. The maximum absolute atomic E-state index is 11.9. The molecule has 110 valence electrons. The van der Waals surface area contributed by atoms with Gasteiger partial charge < -0.3 is 4.74 Å². The smallest absolute Gasteiger partial charge is 0.319 e. The summed E-state index contributed by atoms with van der Waals surface area (Å²) >= 11 is 7.63. The molecule has 2 aromatic carbocycles. The van der Waals surface area contributed by atoms with Crippen LogP contribution in [-0.2, 0) is 21.9 Å². The third-order valence-electron chi connectivity index (χ3n) is 3.00. The van der Waals surface area contributed by atoms with Crippen LogP contribution in [0.1, 0.15) is 18.1 Å². The van der Waals surface area contributed by atoms with Gasteiger partial charge >= 0.3 is 5.97 Å². The third-order valence-corrected chi connectivity index (χ3v) is 4.54. The minimum absolute atomic E-state index is 0.198. The largest absolute Gasteiger partial charge is 0.460 e. The third kappa shape index (κ3) is 5.10. The number of rotatable bonds is 6. The number of hydrogen-bond donors (Lipinski definition) is 0. The van der Waals surface area contributed by atoms with Gasteiger partial charge in [-0.05, 0) is 24.1 Å². The van der Waals surface area contributed by atoms with Gasteiger partial charge in [0.05, 0.1) is 5.25 Å². The summed E-state index contributed by atoms with van der Waals surface area (Å²) in [5.41, 5.74) is 2.03. The highest BCUT2D eigenvalue weighted by Crippen LogP contribution is 2.24. The first-order valence-electron chi connectivity index (χ1n) is 6.72. The Morgan fingerprint density at radius 1 is 1.14 bits per heavy atom. The van der Waals surface area contributed by atoms with Gasteiger partial charge in [-0.15, -0.1) is 11.8 Å². The number of carbonyl (C=O) groups excluding carboxylic acids is 1. The molecule has 0 aliphatic carbocycles. The van der Waals surface area contributed by atoms with E-state index in [1.165, 1.54) is 11.8 Å². The summed E-state index contributed by atoms with van der Waals surface area (Å²) in [5, 5.41) is 0.514. The summed E-state index contributed by atoms with van der Waals surface area (Å²) in [6, 6.07) is 17.3. The Bertz CT molecular complexity index is 586. The summed E-state index contributed by atoms with van der Waals surface area (Å²) in [4.78, 5) is 11.9. The van der Waals surface area contributed by atoms with Crippen LogP contribution in [0.3, 0.4) is 0 Å². The highest BCUT2D eigenvalue weighted by molar-refractivity contribution is 7.99. The number of benzene rings is 2. The number of halogens is 1. The van der Waals surface area contributed by atoms with Gasteiger partial charge in [-0.3, -0.25) is 4.79 Å². The molecule has 0 aliphatic rings. The van der Waals surface area contributed by atoms with Gasteiger partial charge in [0.25, 0.3) is 0 Å². The fraction of sp³-hybridized carbons (Fsp3) is 0.235. The maximum Gasteiger partial charge on any atom is 0.319 e. The fourth-order valence-electron chi connectivity index (χ4n) is 1.74. The van der Waals surface area contributed by atoms with Gasteiger partial charge in [0.2, 0.25) is 0 Å². The van der Waals surface area contributed by atoms with Crippen molar-refractivity contribution >= 4 is 29.3 Å². The van der Waals surface area contributed by atoms with E-state index in [0.717, 1.165) is 16.1 Å². The Morgan fingerprint density at radius 2 is 1.81 bits per heavy atom. The monoisotopic (exact) mass is 320 g/mol. The van der Waals surface area contributed by atoms with E-state index in [1.54, 1.807) is 0 Å². The van der Waals surface area contributed by atoms with Crippen molar-refractivity contribution in [1.29, 1.82) is 0 Å². The lowest BCUT2D eigenvalue weighted by molar-refractivity contribution is -0.143. The molecule has 0 amide bonds. The van der Waals surface area contributed by atoms with Crippen molar-refractivity contribution in [2.75, 3.05) is 0 Å². The van der Waals surface area contributed by atoms with E-state index < -0.39 is 0 Å².